The summed E-state index contributed by atoms with van der Waals surface area (Å²) in [5, 5.41) is 9.40. The maximum absolute atomic E-state index is 12.0. The number of aryl methyl sites for hydroxylation is 1. The lowest BCUT2D eigenvalue weighted by molar-refractivity contribution is 0.0793. The number of phenolic OH excluding ortho intramolecular Hbond substituents is 1. The van der Waals surface area contributed by atoms with Gasteiger partial charge in [-0.3, -0.25) is 4.79 Å². The molecule has 0 spiro atoms. The fraction of sp³-hybridized carbons (Fsp3) is 0.357. The second-order valence-electron chi connectivity index (χ2n) is 4.16. The van der Waals surface area contributed by atoms with E-state index < -0.39 is 0 Å². The smallest absolute Gasteiger partial charge is 0.253 e. The molecule has 1 N–H and O–H groups in total. The van der Waals surface area contributed by atoms with Crippen LogP contribution in [0.3, 0.4) is 0 Å². The molecule has 1 rings (SSSR count). The van der Waals surface area contributed by atoms with Crippen molar-refractivity contribution in [3.05, 3.63) is 42.0 Å². The Hall–Kier alpha value is -1.77. The summed E-state index contributed by atoms with van der Waals surface area (Å²) in [5.74, 6) is 0.202. The molecule has 1 aromatic rings. The minimum absolute atomic E-state index is 0.0165. The van der Waals surface area contributed by atoms with Gasteiger partial charge in [-0.25, -0.2) is 0 Å². The van der Waals surface area contributed by atoms with Crippen molar-refractivity contribution in [2.45, 2.75) is 19.8 Å². The van der Waals surface area contributed by atoms with E-state index in [4.69, 9.17) is 0 Å². The first kappa shape index (κ1) is 13.3. The van der Waals surface area contributed by atoms with Crippen molar-refractivity contribution in [2.75, 3.05) is 13.6 Å². The van der Waals surface area contributed by atoms with Gasteiger partial charge in [0.25, 0.3) is 5.91 Å². The maximum Gasteiger partial charge on any atom is 0.253 e. The largest absolute Gasteiger partial charge is 0.508 e. The Bertz CT molecular complexity index is 413. The third kappa shape index (κ3) is 3.63. The number of nitrogens with zero attached hydrogens (tertiary/aromatic N) is 1. The third-order valence-electron chi connectivity index (χ3n) is 2.69. The van der Waals surface area contributed by atoms with Crippen LogP contribution in [0.2, 0.25) is 0 Å². The number of unbranched alkanes of at least 4 members (excludes halogenated alkanes) is 1. The Morgan fingerprint density at radius 3 is 2.82 bits per heavy atom. The fourth-order valence-corrected chi connectivity index (χ4v) is 1.58. The zero-order chi connectivity index (χ0) is 12.8. The number of phenols is 1. The topological polar surface area (TPSA) is 40.5 Å². The number of benzene rings is 1. The van der Waals surface area contributed by atoms with Crippen LogP contribution in [0.25, 0.3) is 0 Å². The van der Waals surface area contributed by atoms with Crippen molar-refractivity contribution in [1.29, 1.82) is 0 Å². The first-order valence-electron chi connectivity index (χ1n) is 5.72. The average molecular weight is 233 g/mol. The van der Waals surface area contributed by atoms with Crippen molar-refractivity contribution in [2.24, 2.45) is 0 Å². The summed E-state index contributed by atoms with van der Waals surface area (Å²) in [6.07, 6.45) is 3.68. The Kier molecular flexibility index (Phi) is 4.76. The zero-order valence-electron chi connectivity index (χ0n) is 10.4. The van der Waals surface area contributed by atoms with Crippen LogP contribution < -0.4 is 0 Å². The van der Waals surface area contributed by atoms with Gasteiger partial charge in [-0.05, 0) is 43.5 Å². The number of aromatic hydroxyl groups is 1. The van der Waals surface area contributed by atoms with E-state index >= 15 is 0 Å². The normalized spacial score (nSPS) is 10.0. The molecule has 3 nitrogen and oxygen atoms in total. The summed E-state index contributed by atoms with van der Waals surface area (Å²) in [6.45, 7) is 6.15. The van der Waals surface area contributed by atoms with Crippen molar-refractivity contribution in [1.82, 2.24) is 4.90 Å². The molecule has 17 heavy (non-hydrogen) atoms. The average Bonchev–Trinajstić information content (AvgIpc) is 2.32. The number of hydrogen-bond acceptors (Lipinski definition) is 2. The number of hydrogen-bond donors (Lipinski definition) is 1. The van der Waals surface area contributed by atoms with Crippen LogP contribution in [0.1, 0.15) is 28.8 Å². The molecule has 0 aliphatic carbocycles. The highest BCUT2D eigenvalue weighted by atomic mass is 16.3. The first-order valence-corrected chi connectivity index (χ1v) is 5.72. The monoisotopic (exact) mass is 233 g/mol. The molecule has 0 saturated carbocycles. The summed E-state index contributed by atoms with van der Waals surface area (Å²) in [4.78, 5) is 13.7. The van der Waals surface area contributed by atoms with Gasteiger partial charge in [0.15, 0.2) is 0 Å². The predicted octanol–water partition coefficient (Wildman–Crippen LogP) is 2.74. The summed E-state index contributed by atoms with van der Waals surface area (Å²) in [7, 11) is 1.79. The number of carbonyl (C=O) groups excluding carboxylic acids is 1. The number of allylic oxidation sites excluding steroid dienone is 1. The van der Waals surface area contributed by atoms with Gasteiger partial charge in [-0.1, -0.05) is 6.08 Å². The van der Waals surface area contributed by atoms with E-state index in [0.29, 0.717) is 12.1 Å². The van der Waals surface area contributed by atoms with Gasteiger partial charge in [0.1, 0.15) is 5.75 Å². The van der Waals surface area contributed by atoms with Crippen molar-refractivity contribution < 1.29 is 9.90 Å². The molecule has 0 unspecified atom stereocenters. The van der Waals surface area contributed by atoms with Crippen molar-refractivity contribution >= 4 is 5.91 Å². The molecule has 0 aromatic heterocycles. The summed E-state index contributed by atoms with van der Waals surface area (Å²) in [5.41, 5.74) is 1.33. The van der Waals surface area contributed by atoms with E-state index in [9.17, 15) is 9.90 Å². The van der Waals surface area contributed by atoms with Gasteiger partial charge in [0.05, 0.1) is 0 Å². The van der Waals surface area contributed by atoms with E-state index in [-0.39, 0.29) is 11.7 Å². The Labute approximate surface area is 102 Å². The Morgan fingerprint density at radius 2 is 2.24 bits per heavy atom. The molecule has 0 aliphatic heterocycles. The van der Waals surface area contributed by atoms with Crippen LogP contribution in [0.15, 0.2) is 30.9 Å². The molecule has 0 aliphatic rings. The minimum atomic E-state index is -0.0165. The van der Waals surface area contributed by atoms with Crippen molar-refractivity contribution in [3.8, 4) is 5.75 Å². The van der Waals surface area contributed by atoms with Gasteiger partial charge >= 0.3 is 0 Å². The van der Waals surface area contributed by atoms with Crippen LogP contribution in [-0.4, -0.2) is 29.5 Å². The molecule has 0 saturated heterocycles. The standard InChI is InChI=1S/C14H19NO2/c1-4-5-6-9-15(3)14(17)12-7-8-13(16)11(2)10-12/h4,7-8,10,16H,1,5-6,9H2,2-3H3. The quantitative estimate of drug-likeness (QED) is 0.627. The lowest BCUT2D eigenvalue weighted by Crippen LogP contribution is -2.27. The zero-order valence-corrected chi connectivity index (χ0v) is 10.4. The van der Waals surface area contributed by atoms with Crippen LogP contribution in [0.4, 0.5) is 0 Å². The molecule has 1 aromatic carbocycles. The summed E-state index contributed by atoms with van der Waals surface area (Å²) < 4.78 is 0. The second kappa shape index (κ2) is 6.09. The summed E-state index contributed by atoms with van der Waals surface area (Å²) >= 11 is 0. The number of amides is 1. The Morgan fingerprint density at radius 1 is 1.53 bits per heavy atom. The first-order chi connectivity index (χ1) is 8.06. The highest BCUT2D eigenvalue weighted by molar-refractivity contribution is 5.94. The number of rotatable bonds is 5. The third-order valence-corrected chi connectivity index (χ3v) is 2.69. The molecule has 0 bridgehead atoms. The SMILES string of the molecule is C=CCCCN(C)C(=O)c1ccc(O)c(C)c1. The van der Waals surface area contributed by atoms with Gasteiger partial charge in [-0.2, -0.15) is 0 Å². The minimum Gasteiger partial charge on any atom is -0.508 e. The highest BCUT2D eigenvalue weighted by Crippen LogP contribution is 2.17. The molecule has 0 atom stereocenters. The lowest BCUT2D eigenvalue weighted by Gasteiger charge is -2.17. The molecular weight excluding hydrogens is 214 g/mol. The van der Waals surface area contributed by atoms with Crippen LogP contribution in [0.5, 0.6) is 5.75 Å². The number of carbonyl (C=O) groups is 1. The Balaban J connectivity index is 2.68. The summed E-state index contributed by atoms with van der Waals surface area (Å²) in [6, 6.07) is 4.91. The van der Waals surface area contributed by atoms with Crippen LogP contribution in [-0.2, 0) is 0 Å². The highest BCUT2D eigenvalue weighted by Gasteiger charge is 2.11. The molecule has 0 fully saturated rings. The van der Waals surface area contributed by atoms with E-state index in [1.165, 1.54) is 0 Å². The molecule has 3 heteroatoms. The molecule has 1 amide bonds. The molecule has 92 valence electrons. The molecular formula is C14H19NO2. The lowest BCUT2D eigenvalue weighted by atomic mass is 10.1. The molecule has 0 heterocycles. The second-order valence-corrected chi connectivity index (χ2v) is 4.16. The fourth-order valence-electron chi connectivity index (χ4n) is 1.58. The van der Waals surface area contributed by atoms with Gasteiger partial charge in [0.2, 0.25) is 0 Å². The van der Waals surface area contributed by atoms with Crippen LogP contribution >= 0.6 is 0 Å². The maximum atomic E-state index is 12.0. The van der Waals surface area contributed by atoms with Gasteiger partial charge < -0.3 is 10.0 Å². The van der Waals surface area contributed by atoms with Crippen molar-refractivity contribution in [3.63, 3.8) is 0 Å². The van der Waals surface area contributed by atoms with E-state index in [1.54, 1.807) is 37.1 Å². The van der Waals surface area contributed by atoms with Gasteiger partial charge in [-0.15, -0.1) is 6.58 Å². The van der Waals surface area contributed by atoms with Gasteiger partial charge in [0, 0.05) is 19.2 Å². The van der Waals surface area contributed by atoms with E-state index in [0.717, 1.165) is 18.4 Å². The van der Waals surface area contributed by atoms with E-state index in [1.807, 2.05) is 6.08 Å². The van der Waals surface area contributed by atoms with E-state index in [2.05, 4.69) is 6.58 Å². The van der Waals surface area contributed by atoms with Crippen LogP contribution in [0, 0.1) is 6.92 Å². The molecule has 0 radical (unpaired) electrons. The predicted molar refractivity (Wildman–Crippen MR) is 69.2 cm³/mol.